The highest BCUT2D eigenvalue weighted by molar-refractivity contribution is 5.95. The van der Waals surface area contributed by atoms with Gasteiger partial charge < -0.3 is 20.4 Å². The Bertz CT molecular complexity index is 727. The van der Waals surface area contributed by atoms with Crippen molar-refractivity contribution < 1.29 is 19.8 Å². The largest absolute Gasteiger partial charge is 0.478 e. The van der Waals surface area contributed by atoms with Crippen LogP contribution in [-0.2, 0) is 0 Å². The average Bonchev–Trinajstić information content (AvgIpc) is 2.55. The van der Waals surface area contributed by atoms with Gasteiger partial charge in [-0.15, -0.1) is 0 Å². The van der Waals surface area contributed by atoms with Gasteiger partial charge in [0, 0.05) is 21.1 Å². The Morgan fingerprint density at radius 1 is 0.917 bits per heavy atom. The molecule has 2 rings (SSSR count). The van der Waals surface area contributed by atoms with Gasteiger partial charge in [-0.2, -0.15) is 0 Å². The Morgan fingerprint density at radius 3 is 1.88 bits per heavy atom. The summed E-state index contributed by atoms with van der Waals surface area (Å²) < 4.78 is 0. The van der Waals surface area contributed by atoms with Gasteiger partial charge in [-0.1, -0.05) is 24.3 Å². The fraction of sp³-hybridized carbons (Fsp3) is 0.222. The van der Waals surface area contributed by atoms with E-state index in [0.717, 1.165) is 11.3 Å². The molecule has 0 atom stereocenters. The number of aromatic carboxylic acids is 2. The van der Waals surface area contributed by atoms with Crippen molar-refractivity contribution in [2.75, 3.05) is 31.4 Å². The maximum atomic E-state index is 10.7. The summed E-state index contributed by atoms with van der Waals surface area (Å²) in [6.45, 7) is 1.87. The molecule has 0 radical (unpaired) electrons. The quantitative estimate of drug-likeness (QED) is 0.798. The minimum Gasteiger partial charge on any atom is -0.478 e. The molecular formula is C18H22N2O4. The first-order chi connectivity index (χ1) is 11.3. The van der Waals surface area contributed by atoms with Crippen LogP contribution < -0.4 is 10.2 Å². The molecule has 0 saturated carbocycles. The number of para-hydroxylation sites is 2. The SMILES string of the molecule is CN(C)c1ccccc1C(=O)O.CNc1c(C)cccc1C(=O)O. The van der Waals surface area contributed by atoms with Crippen molar-refractivity contribution in [3.05, 3.63) is 59.2 Å². The molecule has 6 heteroatoms. The molecule has 0 aromatic heterocycles. The van der Waals surface area contributed by atoms with Crippen LogP contribution in [0.1, 0.15) is 26.3 Å². The molecule has 0 amide bonds. The van der Waals surface area contributed by atoms with Crippen LogP contribution >= 0.6 is 0 Å². The van der Waals surface area contributed by atoms with Gasteiger partial charge in [-0.05, 0) is 30.7 Å². The summed E-state index contributed by atoms with van der Waals surface area (Å²) in [5, 5.41) is 20.4. The maximum Gasteiger partial charge on any atom is 0.337 e. The molecular weight excluding hydrogens is 308 g/mol. The third-order valence-electron chi connectivity index (χ3n) is 3.37. The second-order valence-electron chi connectivity index (χ2n) is 5.27. The van der Waals surface area contributed by atoms with E-state index in [4.69, 9.17) is 10.2 Å². The summed E-state index contributed by atoms with van der Waals surface area (Å²) in [5.74, 6) is -1.79. The lowest BCUT2D eigenvalue weighted by Gasteiger charge is -2.14. The first-order valence-corrected chi connectivity index (χ1v) is 7.29. The molecule has 3 N–H and O–H groups in total. The normalized spacial score (nSPS) is 9.50. The Kier molecular flexibility index (Phi) is 6.79. The van der Waals surface area contributed by atoms with Crippen molar-refractivity contribution in [3.63, 3.8) is 0 Å². The van der Waals surface area contributed by atoms with Gasteiger partial charge in [0.25, 0.3) is 0 Å². The molecule has 0 aliphatic heterocycles. The van der Waals surface area contributed by atoms with Crippen LogP contribution in [0.5, 0.6) is 0 Å². The van der Waals surface area contributed by atoms with Crippen molar-refractivity contribution in [2.24, 2.45) is 0 Å². The molecule has 0 aliphatic rings. The summed E-state index contributed by atoms with van der Waals surface area (Å²) in [7, 11) is 5.36. The van der Waals surface area contributed by atoms with E-state index in [1.165, 1.54) is 0 Å². The number of hydrogen-bond donors (Lipinski definition) is 3. The standard InChI is InChI=1S/2C9H11NO2/c1-10(2)8-6-4-3-5-7(8)9(11)12;1-6-4-3-5-7(9(11)12)8(6)10-2/h3-6H,1-2H3,(H,11,12);3-5,10H,1-2H3,(H,11,12). The van der Waals surface area contributed by atoms with E-state index in [9.17, 15) is 9.59 Å². The highest BCUT2D eigenvalue weighted by Crippen LogP contribution is 2.19. The van der Waals surface area contributed by atoms with Crippen molar-refractivity contribution in [1.82, 2.24) is 0 Å². The number of carboxylic acid groups (broad SMARTS) is 2. The van der Waals surface area contributed by atoms with E-state index in [1.807, 2.05) is 33.2 Å². The molecule has 2 aromatic rings. The third kappa shape index (κ3) is 4.74. The highest BCUT2D eigenvalue weighted by atomic mass is 16.4. The number of benzene rings is 2. The summed E-state index contributed by atoms with van der Waals surface area (Å²) >= 11 is 0. The molecule has 0 unspecified atom stereocenters. The minimum atomic E-state index is -0.900. The van der Waals surface area contributed by atoms with Gasteiger partial charge in [-0.25, -0.2) is 9.59 Å². The zero-order chi connectivity index (χ0) is 18.3. The molecule has 2 aromatic carbocycles. The first kappa shape index (κ1) is 19.0. The second-order valence-corrected chi connectivity index (χ2v) is 5.27. The maximum absolute atomic E-state index is 10.7. The third-order valence-corrected chi connectivity index (χ3v) is 3.37. The van der Waals surface area contributed by atoms with E-state index in [2.05, 4.69) is 5.32 Å². The smallest absolute Gasteiger partial charge is 0.337 e. The zero-order valence-corrected chi connectivity index (χ0v) is 14.2. The number of aryl methyl sites for hydroxylation is 1. The van der Waals surface area contributed by atoms with E-state index in [1.54, 1.807) is 42.3 Å². The fourth-order valence-electron chi connectivity index (χ4n) is 2.22. The van der Waals surface area contributed by atoms with Gasteiger partial charge in [0.1, 0.15) is 0 Å². The van der Waals surface area contributed by atoms with Crippen molar-refractivity contribution >= 4 is 23.3 Å². The lowest BCUT2D eigenvalue weighted by Crippen LogP contribution is -2.13. The van der Waals surface area contributed by atoms with Crippen molar-refractivity contribution in [1.29, 1.82) is 0 Å². The van der Waals surface area contributed by atoms with E-state index in [-0.39, 0.29) is 0 Å². The number of rotatable bonds is 4. The molecule has 6 nitrogen and oxygen atoms in total. The monoisotopic (exact) mass is 330 g/mol. The summed E-state index contributed by atoms with van der Waals surface area (Å²) in [6.07, 6.45) is 0. The molecule has 0 spiro atoms. The first-order valence-electron chi connectivity index (χ1n) is 7.29. The zero-order valence-electron chi connectivity index (χ0n) is 14.2. The van der Waals surface area contributed by atoms with Crippen LogP contribution in [0.25, 0.3) is 0 Å². The lowest BCUT2D eigenvalue weighted by molar-refractivity contribution is 0.0687. The highest BCUT2D eigenvalue weighted by Gasteiger charge is 2.10. The van der Waals surface area contributed by atoms with E-state index < -0.39 is 11.9 Å². The number of carbonyl (C=O) groups is 2. The van der Waals surface area contributed by atoms with Crippen LogP contribution in [0, 0.1) is 6.92 Å². The second kappa shape index (κ2) is 8.57. The van der Waals surface area contributed by atoms with E-state index in [0.29, 0.717) is 16.8 Å². The van der Waals surface area contributed by atoms with Crippen LogP contribution in [-0.4, -0.2) is 43.3 Å². The molecule has 0 saturated heterocycles. The molecule has 0 bridgehead atoms. The lowest BCUT2D eigenvalue weighted by atomic mass is 10.1. The molecule has 0 fully saturated rings. The van der Waals surface area contributed by atoms with Crippen LogP contribution in [0.3, 0.4) is 0 Å². The summed E-state index contributed by atoms with van der Waals surface area (Å²) in [6, 6.07) is 12.1. The van der Waals surface area contributed by atoms with Gasteiger partial charge in [0.15, 0.2) is 0 Å². The van der Waals surface area contributed by atoms with Gasteiger partial charge in [0.2, 0.25) is 0 Å². The number of carboxylic acids is 2. The number of hydrogen-bond acceptors (Lipinski definition) is 4. The van der Waals surface area contributed by atoms with Gasteiger partial charge in [-0.3, -0.25) is 0 Å². The number of nitrogens with one attached hydrogen (secondary N) is 1. The van der Waals surface area contributed by atoms with Crippen molar-refractivity contribution in [3.8, 4) is 0 Å². The van der Waals surface area contributed by atoms with Crippen LogP contribution in [0.4, 0.5) is 11.4 Å². The summed E-state index contributed by atoms with van der Waals surface area (Å²) in [5.41, 5.74) is 3.01. The van der Waals surface area contributed by atoms with Crippen LogP contribution in [0.2, 0.25) is 0 Å². The van der Waals surface area contributed by atoms with Gasteiger partial charge in [0.05, 0.1) is 22.5 Å². The van der Waals surface area contributed by atoms with Crippen molar-refractivity contribution in [2.45, 2.75) is 6.92 Å². The predicted octanol–water partition coefficient (Wildman–Crippen LogP) is 3.19. The molecule has 0 aliphatic carbocycles. The Hall–Kier alpha value is -3.02. The Labute approximate surface area is 141 Å². The average molecular weight is 330 g/mol. The molecule has 24 heavy (non-hydrogen) atoms. The molecule has 128 valence electrons. The summed E-state index contributed by atoms with van der Waals surface area (Å²) in [4.78, 5) is 23.2. The number of nitrogens with zero attached hydrogens (tertiary/aromatic N) is 1. The molecule has 0 heterocycles. The van der Waals surface area contributed by atoms with E-state index >= 15 is 0 Å². The van der Waals surface area contributed by atoms with Gasteiger partial charge >= 0.3 is 11.9 Å². The topological polar surface area (TPSA) is 89.9 Å². The number of anilines is 2. The predicted molar refractivity (Wildman–Crippen MR) is 95.4 cm³/mol. The Morgan fingerprint density at radius 2 is 1.46 bits per heavy atom. The minimum absolute atomic E-state index is 0.317. The van der Waals surface area contributed by atoms with Crippen LogP contribution in [0.15, 0.2) is 42.5 Å². The fourth-order valence-corrected chi connectivity index (χ4v) is 2.22. The Balaban J connectivity index is 0.000000240.